The van der Waals surface area contributed by atoms with E-state index in [0.717, 1.165) is 39.4 Å². The van der Waals surface area contributed by atoms with Gasteiger partial charge in [-0.15, -0.1) is 0 Å². The van der Waals surface area contributed by atoms with E-state index in [1.165, 1.54) is 0 Å². The van der Waals surface area contributed by atoms with Crippen molar-refractivity contribution >= 4 is 5.91 Å². The molecular formula is C26H43N3O6. The number of hydrogen-bond donors (Lipinski definition) is 1. The van der Waals surface area contributed by atoms with Gasteiger partial charge in [0.25, 0.3) is 5.91 Å². The van der Waals surface area contributed by atoms with Gasteiger partial charge in [0.15, 0.2) is 0 Å². The monoisotopic (exact) mass is 493 g/mol. The highest BCUT2D eigenvalue weighted by molar-refractivity contribution is 5.94. The summed E-state index contributed by atoms with van der Waals surface area (Å²) in [5.74, 6) is 0.632. The average Bonchev–Trinajstić information content (AvgIpc) is 2.85. The molecule has 9 heteroatoms. The standard InChI is InChI=1S/C26H43N3O6/c1-26(2,3)35-20-22(30)17-28-12-15-34-24(18-28)19-29(9-8-27-10-13-33-14-11-27)25(31)21-6-5-7-23(16-21)32-4/h5-7,16,22,24,30H,8-15,17-20H2,1-4H3/t22-,24+/m1/s1. The first kappa shape index (κ1) is 27.8. The topological polar surface area (TPSA) is 83.9 Å². The minimum Gasteiger partial charge on any atom is -0.497 e. The number of carbonyl (C=O) groups is 1. The molecule has 2 atom stereocenters. The van der Waals surface area contributed by atoms with Gasteiger partial charge in [-0.3, -0.25) is 14.6 Å². The second kappa shape index (κ2) is 13.5. The van der Waals surface area contributed by atoms with Crippen molar-refractivity contribution in [1.82, 2.24) is 14.7 Å². The van der Waals surface area contributed by atoms with Gasteiger partial charge in [0.05, 0.1) is 51.3 Å². The first-order valence-electron chi connectivity index (χ1n) is 12.6. The van der Waals surface area contributed by atoms with Crippen molar-refractivity contribution in [3.8, 4) is 5.75 Å². The van der Waals surface area contributed by atoms with Gasteiger partial charge >= 0.3 is 0 Å². The highest BCUT2D eigenvalue weighted by Gasteiger charge is 2.28. The number of aliphatic hydroxyl groups excluding tert-OH is 1. The molecule has 2 fully saturated rings. The maximum Gasteiger partial charge on any atom is 0.254 e. The summed E-state index contributed by atoms with van der Waals surface area (Å²) in [5, 5.41) is 10.4. The van der Waals surface area contributed by atoms with Crippen LogP contribution < -0.4 is 4.74 Å². The van der Waals surface area contributed by atoms with E-state index >= 15 is 0 Å². The van der Waals surface area contributed by atoms with Gasteiger partial charge in [0.2, 0.25) is 0 Å². The fourth-order valence-corrected chi connectivity index (χ4v) is 4.30. The number of carbonyl (C=O) groups excluding carboxylic acids is 1. The van der Waals surface area contributed by atoms with Crippen LogP contribution in [0, 0.1) is 0 Å². The van der Waals surface area contributed by atoms with Gasteiger partial charge in [-0.05, 0) is 39.0 Å². The number of rotatable bonds is 11. The van der Waals surface area contributed by atoms with Crippen molar-refractivity contribution in [3.63, 3.8) is 0 Å². The minimum atomic E-state index is -0.566. The molecule has 1 N–H and O–H groups in total. The summed E-state index contributed by atoms with van der Waals surface area (Å²) >= 11 is 0. The van der Waals surface area contributed by atoms with Gasteiger partial charge < -0.3 is 29.0 Å². The molecule has 0 bridgehead atoms. The number of benzene rings is 1. The quantitative estimate of drug-likeness (QED) is 0.495. The third kappa shape index (κ3) is 9.67. The van der Waals surface area contributed by atoms with E-state index in [4.69, 9.17) is 18.9 Å². The number of β-amino-alcohol motifs (C(OH)–C–C–N with tert-alkyl or cyclic N) is 1. The Labute approximate surface area is 209 Å². The number of amides is 1. The van der Waals surface area contributed by atoms with Crippen LogP contribution in [-0.2, 0) is 14.2 Å². The largest absolute Gasteiger partial charge is 0.497 e. The summed E-state index contributed by atoms with van der Waals surface area (Å²) in [5.41, 5.74) is 0.324. The van der Waals surface area contributed by atoms with Gasteiger partial charge in [-0.25, -0.2) is 0 Å². The molecule has 3 rings (SSSR count). The van der Waals surface area contributed by atoms with Gasteiger partial charge in [0, 0.05) is 57.9 Å². The molecule has 1 aromatic carbocycles. The van der Waals surface area contributed by atoms with E-state index in [-0.39, 0.29) is 17.6 Å². The molecule has 0 saturated carbocycles. The Morgan fingerprint density at radius 1 is 1.20 bits per heavy atom. The van der Waals surface area contributed by atoms with Gasteiger partial charge in [-0.1, -0.05) is 6.07 Å². The highest BCUT2D eigenvalue weighted by Crippen LogP contribution is 2.17. The van der Waals surface area contributed by atoms with E-state index in [0.29, 0.717) is 50.7 Å². The van der Waals surface area contributed by atoms with Crippen molar-refractivity contribution < 1.29 is 28.8 Å². The lowest BCUT2D eigenvalue weighted by Crippen LogP contribution is -2.52. The summed E-state index contributed by atoms with van der Waals surface area (Å²) in [6.07, 6.45) is -0.692. The Morgan fingerprint density at radius 3 is 2.66 bits per heavy atom. The highest BCUT2D eigenvalue weighted by atomic mass is 16.5. The molecule has 2 saturated heterocycles. The normalized spacial score (nSPS) is 21.0. The Hall–Kier alpha value is -1.75. The molecule has 35 heavy (non-hydrogen) atoms. The van der Waals surface area contributed by atoms with Crippen LogP contribution >= 0.6 is 0 Å². The second-order valence-corrected chi connectivity index (χ2v) is 10.3. The Kier molecular flexibility index (Phi) is 10.8. The zero-order valence-electron chi connectivity index (χ0n) is 21.8. The number of aliphatic hydroxyl groups is 1. The molecule has 2 aliphatic heterocycles. The zero-order chi connectivity index (χ0) is 25.3. The van der Waals surface area contributed by atoms with E-state index in [1.807, 2.05) is 43.9 Å². The molecule has 2 heterocycles. The lowest BCUT2D eigenvalue weighted by Gasteiger charge is -2.37. The Balaban J connectivity index is 1.61. The van der Waals surface area contributed by atoms with Crippen LogP contribution in [0.15, 0.2) is 24.3 Å². The third-order valence-electron chi connectivity index (χ3n) is 6.22. The molecular weight excluding hydrogens is 450 g/mol. The third-order valence-corrected chi connectivity index (χ3v) is 6.22. The number of methoxy groups -OCH3 is 1. The maximum absolute atomic E-state index is 13.5. The lowest BCUT2D eigenvalue weighted by atomic mass is 10.1. The molecule has 0 aromatic heterocycles. The van der Waals surface area contributed by atoms with Crippen molar-refractivity contribution in [2.24, 2.45) is 0 Å². The fraction of sp³-hybridized carbons (Fsp3) is 0.731. The van der Waals surface area contributed by atoms with Crippen molar-refractivity contribution in [2.75, 3.05) is 85.9 Å². The van der Waals surface area contributed by atoms with E-state index in [1.54, 1.807) is 13.2 Å². The van der Waals surface area contributed by atoms with Crippen molar-refractivity contribution in [3.05, 3.63) is 29.8 Å². The molecule has 1 amide bonds. The van der Waals surface area contributed by atoms with Crippen LogP contribution in [0.2, 0.25) is 0 Å². The number of morpholine rings is 2. The summed E-state index contributed by atoms with van der Waals surface area (Å²) in [4.78, 5) is 19.9. The number of ether oxygens (including phenoxy) is 4. The predicted molar refractivity (Wildman–Crippen MR) is 134 cm³/mol. The molecule has 1 aromatic rings. The smallest absolute Gasteiger partial charge is 0.254 e. The SMILES string of the molecule is COc1cccc(C(=O)N(CCN2CCOCC2)C[C@@H]2CN(C[C@@H](O)COC(C)(C)C)CCO2)c1. The Bertz CT molecular complexity index is 781. The van der Waals surface area contributed by atoms with Crippen molar-refractivity contribution in [2.45, 2.75) is 38.6 Å². The molecule has 9 nitrogen and oxygen atoms in total. The zero-order valence-corrected chi connectivity index (χ0v) is 21.8. The predicted octanol–water partition coefficient (Wildman–Crippen LogP) is 1.35. The van der Waals surface area contributed by atoms with Gasteiger partial charge in [0.1, 0.15) is 5.75 Å². The lowest BCUT2D eigenvalue weighted by molar-refractivity contribution is -0.0783. The number of hydrogen-bond acceptors (Lipinski definition) is 8. The summed E-state index contributed by atoms with van der Waals surface area (Å²) < 4.78 is 22.6. The van der Waals surface area contributed by atoms with Gasteiger partial charge in [-0.2, -0.15) is 0 Å². The van der Waals surface area contributed by atoms with Crippen LogP contribution in [0.5, 0.6) is 5.75 Å². The fourth-order valence-electron chi connectivity index (χ4n) is 4.30. The van der Waals surface area contributed by atoms with Crippen LogP contribution in [0.1, 0.15) is 31.1 Å². The minimum absolute atomic E-state index is 0.0310. The van der Waals surface area contributed by atoms with Crippen LogP contribution in [0.4, 0.5) is 0 Å². The number of nitrogens with zero attached hydrogens (tertiary/aromatic N) is 3. The molecule has 198 valence electrons. The molecule has 0 spiro atoms. The van der Waals surface area contributed by atoms with Crippen LogP contribution in [0.25, 0.3) is 0 Å². The van der Waals surface area contributed by atoms with Crippen LogP contribution in [-0.4, -0.2) is 129 Å². The molecule has 0 radical (unpaired) electrons. The van der Waals surface area contributed by atoms with Crippen molar-refractivity contribution in [1.29, 1.82) is 0 Å². The maximum atomic E-state index is 13.5. The van der Waals surface area contributed by atoms with Crippen LogP contribution in [0.3, 0.4) is 0 Å². The first-order valence-corrected chi connectivity index (χ1v) is 12.6. The first-order chi connectivity index (χ1) is 16.7. The Morgan fingerprint density at radius 2 is 1.94 bits per heavy atom. The van der Waals surface area contributed by atoms with E-state index in [9.17, 15) is 9.90 Å². The molecule has 0 unspecified atom stereocenters. The molecule has 0 aliphatic carbocycles. The summed E-state index contributed by atoms with van der Waals surface area (Å²) in [6, 6.07) is 7.29. The van der Waals surface area contributed by atoms with E-state index in [2.05, 4.69) is 9.80 Å². The second-order valence-electron chi connectivity index (χ2n) is 10.3. The molecule has 2 aliphatic rings. The summed E-state index contributed by atoms with van der Waals surface area (Å²) in [6.45, 7) is 13.8. The van der Waals surface area contributed by atoms with E-state index < -0.39 is 6.10 Å². The summed E-state index contributed by atoms with van der Waals surface area (Å²) in [7, 11) is 1.60. The average molecular weight is 494 g/mol.